The lowest BCUT2D eigenvalue weighted by molar-refractivity contribution is -0.140. The second-order valence-electron chi connectivity index (χ2n) is 7.46. The van der Waals surface area contributed by atoms with Gasteiger partial charge in [-0.05, 0) is 43.6 Å². The SMILES string of the molecule is CCC1CN(C(=O)CN2CCCN(Cc3ccc(C#N)cc3)CC2)CCO1. The van der Waals surface area contributed by atoms with Crippen LogP contribution in [-0.4, -0.2) is 79.1 Å². The van der Waals surface area contributed by atoms with Gasteiger partial charge in [0.2, 0.25) is 5.91 Å². The van der Waals surface area contributed by atoms with Crippen molar-refractivity contribution in [2.75, 3.05) is 52.4 Å². The maximum absolute atomic E-state index is 12.7. The van der Waals surface area contributed by atoms with Crippen molar-refractivity contribution in [1.29, 1.82) is 5.26 Å². The maximum Gasteiger partial charge on any atom is 0.236 e. The minimum absolute atomic E-state index is 0.190. The van der Waals surface area contributed by atoms with E-state index < -0.39 is 0 Å². The quantitative estimate of drug-likeness (QED) is 0.790. The van der Waals surface area contributed by atoms with Crippen LogP contribution in [0.3, 0.4) is 0 Å². The number of hydrogen-bond acceptors (Lipinski definition) is 5. The first-order valence-electron chi connectivity index (χ1n) is 10.0. The Kier molecular flexibility index (Phi) is 7.22. The Labute approximate surface area is 162 Å². The summed E-state index contributed by atoms with van der Waals surface area (Å²) in [4.78, 5) is 19.4. The topological polar surface area (TPSA) is 59.8 Å². The van der Waals surface area contributed by atoms with E-state index in [9.17, 15) is 4.79 Å². The molecular formula is C21H30N4O2. The molecule has 6 nitrogen and oxygen atoms in total. The molecule has 0 aliphatic carbocycles. The van der Waals surface area contributed by atoms with Gasteiger partial charge in [-0.15, -0.1) is 0 Å². The van der Waals surface area contributed by atoms with Crippen LogP contribution in [0, 0.1) is 11.3 Å². The lowest BCUT2D eigenvalue weighted by atomic mass is 10.1. The van der Waals surface area contributed by atoms with Crippen LogP contribution in [-0.2, 0) is 16.1 Å². The smallest absolute Gasteiger partial charge is 0.236 e. The number of benzene rings is 1. The van der Waals surface area contributed by atoms with Gasteiger partial charge in [-0.2, -0.15) is 5.26 Å². The molecule has 0 spiro atoms. The molecule has 0 aromatic heterocycles. The molecule has 2 saturated heterocycles. The summed E-state index contributed by atoms with van der Waals surface area (Å²) < 4.78 is 5.67. The molecule has 2 fully saturated rings. The highest BCUT2D eigenvalue weighted by Crippen LogP contribution is 2.12. The molecule has 1 atom stereocenters. The Balaban J connectivity index is 1.46. The third-order valence-electron chi connectivity index (χ3n) is 5.48. The number of amides is 1. The Bertz CT molecular complexity index is 655. The monoisotopic (exact) mass is 370 g/mol. The first-order chi connectivity index (χ1) is 13.2. The van der Waals surface area contributed by atoms with Crippen LogP contribution in [0.2, 0.25) is 0 Å². The van der Waals surface area contributed by atoms with Crippen LogP contribution in [0.15, 0.2) is 24.3 Å². The van der Waals surface area contributed by atoms with Crippen LogP contribution in [0.4, 0.5) is 0 Å². The van der Waals surface area contributed by atoms with Crippen molar-refractivity contribution >= 4 is 5.91 Å². The summed E-state index contributed by atoms with van der Waals surface area (Å²) in [6, 6.07) is 9.99. The van der Waals surface area contributed by atoms with E-state index in [4.69, 9.17) is 10.00 Å². The van der Waals surface area contributed by atoms with Crippen molar-refractivity contribution in [2.45, 2.75) is 32.4 Å². The standard InChI is InChI=1S/C21H30N4O2/c1-2-20-16-25(12-13-27-20)21(26)17-24-9-3-8-23(10-11-24)15-19-6-4-18(14-22)5-7-19/h4-7,20H,2-3,8-13,15-17H2,1H3. The highest BCUT2D eigenvalue weighted by Gasteiger charge is 2.25. The average molecular weight is 370 g/mol. The molecule has 0 saturated carbocycles. The fourth-order valence-electron chi connectivity index (χ4n) is 3.77. The van der Waals surface area contributed by atoms with Gasteiger partial charge in [0.25, 0.3) is 0 Å². The van der Waals surface area contributed by atoms with Gasteiger partial charge in [-0.25, -0.2) is 0 Å². The van der Waals surface area contributed by atoms with E-state index in [0.29, 0.717) is 25.3 Å². The predicted octanol–water partition coefficient (Wildman–Crippen LogP) is 1.70. The summed E-state index contributed by atoms with van der Waals surface area (Å²) in [5, 5.41) is 8.91. The Morgan fingerprint density at radius 1 is 1.15 bits per heavy atom. The molecule has 2 aliphatic heterocycles. The van der Waals surface area contributed by atoms with Crippen LogP contribution >= 0.6 is 0 Å². The number of morpholine rings is 1. The molecule has 0 bridgehead atoms. The molecule has 27 heavy (non-hydrogen) atoms. The molecule has 0 radical (unpaired) electrons. The molecule has 1 aromatic carbocycles. The summed E-state index contributed by atoms with van der Waals surface area (Å²) in [7, 11) is 0. The van der Waals surface area contributed by atoms with Crippen molar-refractivity contribution in [3.05, 3.63) is 35.4 Å². The molecule has 2 aliphatic rings. The highest BCUT2D eigenvalue weighted by molar-refractivity contribution is 5.78. The Hall–Kier alpha value is -1.94. The summed E-state index contributed by atoms with van der Waals surface area (Å²) in [6.07, 6.45) is 2.22. The molecule has 1 aromatic rings. The number of carbonyl (C=O) groups excluding carboxylic acids is 1. The lowest BCUT2D eigenvalue weighted by Crippen LogP contribution is -2.49. The fourth-order valence-corrected chi connectivity index (χ4v) is 3.77. The van der Waals surface area contributed by atoms with E-state index in [1.165, 1.54) is 5.56 Å². The molecule has 3 rings (SSSR count). The van der Waals surface area contributed by atoms with Gasteiger partial charge in [0.05, 0.1) is 30.9 Å². The first kappa shape index (κ1) is 19.8. The molecule has 1 amide bonds. The van der Waals surface area contributed by atoms with Gasteiger partial charge in [0.1, 0.15) is 0 Å². The molecule has 146 valence electrons. The van der Waals surface area contributed by atoms with E-state index in [1.807, 2.05) is 29.2 Å². The van der Waals surface area contributed by atoms with Gasteiger partial charge >= 0.3 is 0 Å². The summed E-state index contributed by atoms with van der Waals surface area (Å²) in [5.74, 6) is 0.234. The third-order valence-corrected chi connectivity index (χ3v) is 5.48. The van der Waals surface area contributed by atoms with Crippen molar-refractivity contribution in [1.82, 2.24) is 14.7 Å². The minimum atomic E-state index is 0.190. The lowest BCUT2D eigenvalue weighted by Gasteiger charge is -2.34. The van der Waals surface area contributed by atoms with Gasteiger partial charge in [0.15, 0.2) is 0 Å². The van der Waals surface area contributed by atoms with E-state index >= 15 is 0 Å². The second-order valence-corrected chi connectivity index (χ2v) is 7.46. The Morgan fingerprint density at radius 2 is 1.89 bits per heavy atom. The number of ether oxygens (including phenoxy) is 1. The number of nitrogens with zero attached hydrogens (tertiary/aromatic N) is 4. The van der Waals surface area contributed by atoms with Crippen LogP contribution in [0.5, 0.6) is 0 Å². The van der Waals surface area contributed by atoms with Crippen molar-refractivity contribution in [3.63, 3.8) is 0 Å². The Morgan fingerprint density at radius 3 is 2.63 bits per heavy atom. The fraction of sp³-hybridized carbons (Fsp3) is 0.619. The number of carbonyl (C=O) groups is 1. The van der Waals surface area contributed by atoms with Crippen molar-refractivity contribution in [2.24, 2.45) is 0 Å². The van der Waals surface area contributed by atoms with Gasteiger partial charge in [-0.1, -0.05) is 19.1 Å². The van der Waals surface area contributed by atoms with Gasteiger partial charge in [0, 0.05) is 32.7 Å². The van der Waals surface area contributed by atoms with Crippen LogP contribution < -0.4 is 0 Å². The van der Waals surface area contributed by atoms with Crippen LogP contribution in [0.25, 0.3) is 0 Å². The number of hydrogen-bond donors (Lipinski definition) is 0. The molecule has 2 heterocycles. The van der Waals surface area contributed by atoms with Gasteiger partial charge in [-0.3, -0.25) is 14.6 Å². The van der Waals surface area contributed by atoms with Gasteiger partial charge < -0.3 is 9.64 Å². The summed E-state index contributed by atoms with van der Waals surface area (Å²) >= 11 is 0. The third kappa shape index (κ3) is 5.77. The van der Waals surface area contributed by atoms with E-state index in [1.54, 1.807) is 0 Å². The molecule has 1 unspecified atom stereocenters. The average Bonchev–Trinajstić information content (AvgIpc) is 2.93. The number of rotatable bonds is 5. The second kappa shape index (κ2) is 9.84. The molecular weight excluding hydrogens is 340 g/mol. The molecule has 6 heteroatoms. The predicted molar refractivity (Wildman–Crippen MR) is 104 cm³/mol. The summed E-state index contributed by atoms with van der Waals surface area (Å²) in [5.41, 5.74) is 1.94. The zero-order valence-corrected chi connectivity index (χ0v) is 16.3. The zero-order chi connectivity index (χ0) is 19.1. The van der Waals surface area contributed by atoms with E-state index in [0.717, 1.165) is 52.1 Å². The highest BCUT2D eigenvalue weighted by atomic mass is 16.5. The zero-order valence-electron chi connectivity index (χ0n) is 16.3. The van der Waals surface area contributed by atoms with Crippen molar-refractivity contribution in [3.8, 4) is 6.07 Å². The van der Waals surface area contributed by atoms with E-state index in [-0.39, 0.29) is 12.0 Å². The largest absolute Gasteiger partial charge is 0.375 e. The van der Waals surface area contributed by atoms with Crippen LogP contribution in [0.1, 0.15) is 30.9 Å². The summed E-state index contributed by atoms with van der Waals surface area (Å²) in [6.45, 7) is 9.52. The first-order valence-corrected chi connectivity index (χ1v) is 10.0. The van der Waals surface area contributed by atoms with Crippen molar-refractivity contribution < 1.29 is 9.53 Å². The van der Waals surface area contributed by atoms with E-state index in [2.05, 4.69) is 22.8 Å². The minimum Gasteiger partial charge on any atom is -0.375 e. The normalized spacial score (nSPS) is 22.2. The molecule has 0 N–H and O–H groups in total. The number of nitriles is 1. The maximum atomic E-state index is 12.7.